The van der Waals surface area contributed by atoms with Gasteiger partial charge in [0.15, 0.2) is 0 Å². The Bertz CT molecular complexity index is 2500. The molecule has 0 spiro atoms. The first-order valence-electron chi connectivity index (χ1n) is 15.6. The summed E-state index contributed by atoms with van der Waals surface area (Å²) in [6.45, 7) is 0. The second-order valence-electron chi connectivity index (χ2n) is 11.5. The van der Waals surface area contributed by atoms with Gasteiger partial charge in [0.05, 0.1) is 0 Å². The molecular formula is C42H26N4Se. The van der Waals surface area contributed by atoms with Crippen molar-refractivity contribution < 1.29 is 0 Å². The summed E-state index contributed by atoms with van der Waals surface area (Å²) in [5, 5.41) is 4.80. The molecular weight excluding hydrogens is 639 g/mol. The van der Waals surface area contributed by atoms with E-state index in [1.54, 1.807) is 0 Å². The summed E-state index contributed by atoms with van der Waals surface area (Å²) < 4.78 is 2.50. The van der Waals surface area contributed by atoms with Gasteiger partial charge >= 0.3 is 267 Å². The van der Waals surface area contributed by atoms with Crippen molar-refractivity contribution in [3.63, 3.8) is 0 Å². The zero-order valence-corrected chi connectivity index (χ0v) is 26.9. The predicted molar refractivity (Wildman–Crippen MR) is 194 cm³/mol. The van der Waals surface area contributed by atoms with Crippen LogP contribution >= 0.6 is 0 Å². The summed E-state index contributed by atoms with van der Waals surface area (Å²) >= 11 is 0.0970. The molecule has 0 unspecified atom stereocenters. The molecule has 0 fully saturated rings. The Labute approximate surface area is 277 Å². The molecule has 0 saturated heterocycles. The fourth-order valence-corrected chi connectivity index (χ4v) is 8.56. The van der Waals surface area contributed by atoms with E-state index in [-0.39, 0.29) is 14.5 Å². The third-order valence-corrected chi connectivity index (χ3v) is 11.0. The fourth-order valence-electron chi connectivity index (χ4n) is 6.26. The normalized spacial score (nSPS) is 11.4. The summed E-state index contributed by atoms with van der Waals surface area (Å²) in [6, 6.07) is 54.9. The molecule has 9 rings (SSSR count). The van der Waals surface area contributed by atoms with Crippen molar-refractivity contribution in [2.24, 2.45) is 0 Å². The van der Waals surface area contributed by atoms with Crippen LogP contribution in [0.5, 0.6) is 0 Å². The van der Waals surface area contributed by atoms with Gasteiger partial charge in [-0.3, -0.25) is 0 Å². The first-order chi connectivity index (χ1) is 23.3. The van der Waals surface area contributed by atoms with Crippen LogP contribution in [-0.2, 0) is 0 Å². The molecule has 0 bridgehead atoms. The molecule has 220 valence electrons. The van der Waals surface area contributed by atoms with E-state index in [9.17, 15) is 0 Å². The fraction of sp³-hybridized carbons (Fsp3) is 0. The van der Waals surface area contributed by atoms with E-state index in [4.69, 9.17) is 19.9 Å². The SMILES string of the molecule is c1ccc(-c2nc(-c3ccccc3)nc(-c3ccc4ccccc4c3-c3ccc4ccc5nc(-c6ccccc6)[se]c5c4c3)n2)cc1. The molecule has 0 saturated carbocycles. The summed E-state index contributed by atoms with van der Waals surface area (Å²) in [5.41, 5.74) is 7.39. The van der Waals surface area contributed by atoms with Gasteiger partial charge in [-0.15, -0.1) is 0 Å². The predicted octanol–water partition coefficient (Wildman–Crippen LogP) is 10.1. The van der Waals surface area contributed by atoms with Crippen LogP contribution in [0.3, 0.4) is 0 Å². The van der Waals surface area contributed by atoms with Crippen LogP contribution in [0.4, 0.5) is 0 Å². The van der Waals surface area contributed by atoms with E-state index < -0.39 is 0 Å². The minimum absolute atomic E-state index is 0.0970. The van der Waals surface area contributed by atoms with Crippen molar-refractivity contribution in [1.29, 1.82) is 0 Å². The minimum atomic E-state index is 0.0970. The van der Waals surface area contributed by atoms with E-state index in [2.05, 4.69) is 97.1 Å². The van der Waals surface area contributed by atoms with Gasteiger partial charge in [-0.2, -0.15) is 0 Å². The van der Waals surface area contributed by atoms with Gasteiger partial charge in [-0.25, -0.2) is 0 Å². The van der Waals surface area contributed by atoms with Gasteiger partial charge in [0.1, 0.15) is 0 Å². The zero-order chi connectivity index (χ0) is 31.2. The monoisotopic (exact) mass is 666 g/mol. The van der Waals surface area contributed by atoms with E-state index in [0.29, 0.717) is 17.5 Å². The Morgan fingerprint density at radius 3 is 1.64 bits per heavy atom. The number of rotatable bonds is 5. The molecule has 7 aromatic carbocycles. The maximum absolute atomic E-state index is 5.12. The second-order valence-corrected chi connectivity index (χ2v) is 13.6. The molecule has 2 aromatic heterocycles. The van der Waals surface area contributed by atoms with Gasteiger partial charge in [-0.1, -0.05) is 12.1 Å². The molecule has 9 aromatic rings. The molecule has 0 aliphatic heterocycles. The van der Waals surface area contributed by atoms with Crippen molar-refractivity contribution in [2.45, 2.75) is 0 Å². The average molecular weight is 666 g/mol. The van der Waals surface area contributed by atoms with Crippen LogP contribution in [-0.4, -0.2) is 34.4 Å². The van der Waals surface area contributed by atoms with E-state index in [0.717, 1.165) is 38.7 Å². The molecule has 0 aliphatic carbocycles. The molecule has 0 radical (unpaired) electrons. The van der Waals surface area contributed by atoms with Gasteiger partial charge in [0.2, 0.25) is 0 Å². The molecule has 0 atom stereocenters. The number of fused-ring (bicyclic) bond motifs is 4. The second kappa shape index (κ2) is 11.6. The first kappa shape index (κ1) is 27.6. The van der Waals surface area contributed by atoms with E-state index in [1.165, 1.54) is 30.6 Å². The van der Waals surface area contributed by atoms with Crippen LogP contribution in [0.2, 0.25) is 0 Å². The van der Waals surface area contributed by atoms with Crippen LogP contribution in [0.25, 0.3) is 86.7 Å². The number of nitrogens with zero attached hydrogens (tertiary/aromatic N) is 4. The molecule has 2 heterocycles. The Morgan fingerprint density at radius 2 is 0.936 bits per heavy atom. The quantitative estimate of drug-likeness (QED) is 0.172. The standard InChI is InChI=1S/C42H26N4Se/c1-4-13-29(14-5-1)39-44-40(30-15-6-2-7-16-30)46-41(45-39)34-24-22-27-12-10-11-19-33(27)37(34)32-21-20-28-23-25-36-38(35(28)26-32)47-42(43-36)31-17-8-3-9-18-31/h1-26H. The van der Waals surface area contributed by atoms with E-state index in [1.807, 2.05) is 60.7 Å². The Hall–Kier alpha value is -5.74. The molecule has 0 N–H and O–H groups in total. The van der Waals surface area contributed by atoms with Gasteiger partial charge in [-0.05, 0) is 0 Å². The third-order valence-electron chi connectivity index (χ3n) is 8.55. The number of hydrogen-bond donors (Lipinski definition) is 0. The molecule has 0 amide bonds. The summed E-state index contributed by atoms with van der Waals surface area (Å²) in [6.07, 6.45) is 0. The maximum atomic E-state index is 5.12. The topological polar surface area (TPSA) is 51.6 Å². The van der Waals surface area contributed by atoms with Crippen LogP contribution < -0.4 is 0 Å². The molecule has 47 heavy (non-hydrogen) atoms. The molecule has 4 nitrogen and oxygen atoms in total. The van der Waals surface area contributed by atoms with Crippen molar-refractivity contribution in [3.8, 4) is 55.4 Å². The average Bonchev–Trinajstić information content (AvgIpc) is 3.60. The van der Waals surface area contributed by atoms with Crippen LogP contribution in [0.1, 0.15) is 0 Å². The zero-order valence-electron chi connectivity index (χ0n) is 25.2. The first-order valence-corrected chi connectivity index (χ1v) is 17.3. The van der Waals surface area contributed by atoms with Crippen LogP contribution in [0, 0.1) is 0 Å². The van der Waals surface area contributed by atoms with Crippen molar-refractivity contribution >= 4 is 45.8 Å². The number of hydrogen-bond acceptors (Lipinski definition) is 4. The number of aromatic nitrogens is 4. The van der Waals surface area contributed by atoms with Crippen LogP contribution in [0.15, 0.2) is 158 Å². The molecule has 0 aliphatic rings. The van der Waals surface area contributed by atoms with Crippen molar-refractivity contribution in [1.82, 2.24) is 19.9 Å². The third kappa shape index (κ3) is 5.03. The Morgan fingerprint density at radius 1 is 0.383 bits per heavy atom. The molecule has 5 heteroatoms. The van der Waals surface area contributed by atoms with Crippen molar-refractivity contribution in [2.75, 3.05) is 0 Å². The summed E-state index contributed by atoms with van der Waals surface area (Å²) in [5.74, 6) is 1.95. The Balaban J connectivity index is 1.30. The summed E-state index contributed by atoms with van der Waals surface area (Å²) in [7, 11) is 0. The van der Waals surface area contributed by atoms with Gasteiger partial charge in [0.25, 0.3) is 0 Å². The van der Waals surface area contributed by atoms with Gasteiger partial charge < -0.3 is 0 Å². The van der Waals surface area contributed by atoms with Gasteiger partial charge in [0, 0.05) is 0 Å². The van der Waals surface area contributed by atoms with Crippen molar-refractivity contribution in [3.05, 3.63) is 158 Å². The Kier molecular flexibility index (Phi) is 6.78. The summed E-state index contributed by atoms with van der Waals surface area (Å²) in [4.78, 5) is 20.3. The van der Waals surface area contributed by atoms with E-state index >= 15 is 0 Å². The number of benzene rings is 7.